The Morgan fingerprint density at radius 3 is 2.59 bits per heavy atom. The molecule has 10 heteroatoms. The third kappa shape index (κ3) is 4.22. The minimum Gasteiger partial charge on any atom is -0.468 e. The summed E-state index contributed by atoms with van der Waals surface area (Å²) in [6.07, 6.45) is 3.51. The molecule has 0 amide bonds. The summed E-state index contributed by atoms with van der Waals surface area (Å²) in [5, 5.41) is 4.56. The molecule has 0 spiro atoms. The molecule has 0 bridgehead atoms. The molecule has 0 radical (unpaired) electrons. The van der Waals surface area contributed by atoms with Gasteiger partial charge in [-0.25, -0.2) is 20.9 Å². The second kappa shape index (κ2) is 9.25. The maximum absolute atomic E-state index is 13.7. The topological polar surface area (TPSA) is 79.0 Å². The van der Waals surface area contributed by atoms with Gasteiger partial charge in [0, 0.05) is 15.1 Å². The van der Waals surface area contributed by atoms with Gasteiger partial charge >= 0.3 is 5.97 Å². The van der Waals surface area contributed by atoms with Crippen LogP contribution in [0.1, 0.15) is 0 Å². The molecule has 0 fully saturated rings. The van der Waals surface area contributed by atoms with Crippen molar-refractivity contribution in [3.05, 3.63) is 91.6 Å². The number of halogens is 2. The molecule has 34 heavy (non-hydrogen) atoms. The van der Waals surface area contributed by atoms with Gasteiger partial charge in [0.2, 0.25) is 0 Å². The number of nitrogens with zero attached hydrogens (tertiary/aromatic N) is 4. The first kappa shape index (κ1) is 22.6. The molecule has 1 aliphatic heterocycles. The molecule has 7 nitrogen and oxygen atoms in total. The Labute approximate surface area is 210 Å². The van der Waals surface area contributed by atoms with Gasteiger partial charge in [0.25, 0.3) is 5.56 Å². The molecule has 5 rings (SSSR count). The highest BCUT2D eigenvalue weighted by Gasteiger charge is 2.20. The highest BCUT2D eigenvalue weighted by molar-refractivity contribution is 9.10. The fourth-order valence-electron chi connectivity index (χ4n) is 3.65. The molecule has 1 aliphatic rings. The van der Waals surface area contributed by atoms with Gasteiger partial charge in [-0.05, 0) is 53.3 Å². The monoisotopic (exact) mass is 556 g/mol. The first-order chi connectivity index (χ1) is 16.4. The Morgan fingerprint density at radius 2 is 1.88 bits per heavy atom. The van der Waals surface area contributed by atoms with E-state index in [4.69, 9.17) is 21.3 Å². The van der Waals surface area contributed by atoms with Crippen molar-refractivity contribution in [2.75, 3.05) is 12.9 Å². The smallest absolute Gasteiger partial charge is 0.314 e. The lowest BCUT2D eigenvalue weighted by molar-refractivity contribution is -0.137. The number of imidazole rings is 1. The van der Waals surface area contributed by atoms with Gasteiger partial charge in [0.15, 0.2) is 11.2 Å². The van der Waals surface area contributed by atoms with Gasteiger partial charge < -0.3 is 4.74 Å². The van der Waals surface area contributed by atoms with E-state index in [0.717, 1.165) is 15.7 Å². The van der Waals surface area contributed by atoms with E-state index in [0.29, 0.717) is 27.9 Å². The van der Waals surface area contributed by atoms with Gasteiger partial charge in [-0.1, -0.05) is 39.7 Å². The van der Waals surface area contributed by atoms with E-state index in [1.165, 1.54) is 7.11 Å². The number of benzene rings is 2. The van der Waals surface area contributed by atoms with E-state index in [-0.39, 0.29) is 17.0 Å². The van der Waals surface area contributed by atoms with Crippen molar-refractivity contribution in [3.8, 4) is 17.1 Å². The lowest BCUT2D eigenvalue weighted by Crippen LogP contribution is -2.22. The maximum Gasteiger partial charge on any atom is 0.314 e. The highest BCUT2D eigenvalue weighted by atomic mass is 79.9. The molecular weight excluding hydrogens is 540 g/mol. The lowest BCUT2D eigenvalue weighted by atomic mass is 10.2. The van der Waals surface area contributed by atoms with Crippen LogP contribution in [0.4, 0.5) is 0 Å². The molecule has 3 heterocycles. The number of fused-ring (bicyclic) bond motifs is 1. The molecule has 2 aromatic carbocycles. The van der Waals surface area contributed by atoms with Crippen LogP contribution in [0.15, 0.2) is 81.0 Å². The predicted octanol–water partition coefficient (Wildman–Crippen LogP) is 5.17. The largest absolute Gasteiger partial charge is 0.468 e. The summed E-state index contributed by atoms with van der Waals surface area (Å²) in [6.45, 7) is 0. The zero-order chi connectivity index (χ0) is 23.8. The summed E-state index contributed by atoms with van der Waals surface area (Å²) in [5.41, 5.74) is 2.62. The van der Waals surface area contributed by atoms with Gasteiger partial charge in [-0.2, -0.15) is 0 Å². The highest BCUT2D eigenvalue weighted by Crippen LogP contribution is 2.38. The molecule has 0 N–H and O–H groups in total. The number of hydrogen-bond donors (Lipinski definition) is 1. The maximum atomic E-state index is 13.7. The lowest BCUT2D eigenvalue weighted by Gasteiger charge is -2.13. The quantitative estimate of drug-likeness (QED) is 0.271. The molecular formula is C24H18BrClN4O3S. The third-order valence-electron chi connectivity index (χ3n) is 5.31. The normalized spacial score (nSPS) is 16.1. The van der Waals surface area contributed by atoms with E-state index in [9.17, 15) is 9.59 Å². The summed E-state index contributed by atoms with van der Waals surface area (Å²) in [6, 6.07) is 14.6. The van der Waals surface area contributed by atoms with E-state index in [2.05, 4.69) is 20.9 Å². The van der Waals surface area contributed by atoms with Crippen LogP contribution >= 0.6 is 38.4 Å². The summed E-state index contributed by atoms with van der Waals surface area (Å²) in [7, 11) is 0.587. The van der Waals surface area contributed by atoms with Crippen LogP contribution < -0.4 is 5.56 Å². The molecule has 1 unspecified atom stereocenters. The van der Waals surface area contributed by atoms with E-state index < -0.39 is 10.9 Å². The van der Waals surface area contributed by atoms with Crippen molar-refractivity contribution < 1.29 is 9.53 Å². The fourth-order valence-corrected chi connectivity index (χ4v) is 5.64. The number of ether oxygens (including phenoxy) is 1. The molecule has 172 valence electrons. The number of methoxy groups -OCH3 is 1. The number of carbonyl (C=O) groups is 1. The van der Waals surface area contributed by atoms with Crippen molar-refractivity contribution in [2.45, 2.75) is 0 Å². The number of allylic oxidation sites excluding steroid dienone is 2. The molecule has 2 aromatic heterocycles. The minimum atomic E-state index is -0.793. The Bertz CT molecular complexity index is 1530. The first-order valence-electron chi connectivity index (χ1n) is 10.2. The van der Waals surface area contributed by atoms with Gasteiger partial charge in [-0.3, -0.25) is 18.7 Å². The molecule has 4 aromatic rings. The average molecular weight is 558 g/mol. The molecule has 0 saturated carbocycles. The van der Waals surface area contributed by atoms with Crippen molar-refractivity contribution in [3.63, 3.8) is 0 Å². The van der Waals surface area contributed by atoms with Gasteiger partial charge in [-0.15, -0.1) is 0 Å². The number of carbonyl (C=O) groups excluding carboxylic acids is 1. The number of esters is 1. The number of rotatable bonds is 5. The molecule has 1 atom stereocenters. The van der Waals surface area contributed by atoms with Crippen LogP contribution in [0.3, 0.4) is 0 Å². The Kier molecular flexibility index (Phi) is 6.16. The van der Waals surface area contributed by atoms with Crippen LogP contribution in [0.5, 0.6) is 0 Å². The number of aromatic nitrogens is 4. The van der Waals surface area contributed by atoms with Gasteiger partial charge in [0.1, 0.15) is 12.2 Å². The minimum absolute atomic E-state index is 0.245. The zero-order valence-electron chi connectivity index (χ0n) is 17.9. The summed E-state index contributed by atoms with van der Waals surface area (Å²) < 4.78 is 9.03. The first-order valence-corrected chi connectivity index (χ1v) is 13.0. The van der Waals surface area contributed by atoms with Crippen molar-refractivity contribution in [1.82, 2.24) is 19.1 Å². The second-order valence-corrected chi connectivity index (χ2v) is 10.7. The van der Waals surface area contributed by atoms with E-state index >= 15 is 0 Å². The van der Waals surface area contributed by atoms with Gasteiger partial charge in [0.05, 0.1) is 24.2 Å². The van der Waals surface area contributed by atoms with E-state index in [1.54, 1.807) is 39.7 Å². The Morgan fingerprint density at radius 1 is 1.15 bits per heavy atom. The van der Waals surface area contributed by atoms with Crippen LogP contribution in [-0.4, -0.2) is 37.9 Å². The van der Waals surface area contributed by atoms with Crippen LogP contribution in [0, 0.1) is 0 Å². The standard InChI is InChI=1S/C24H18BrClN4O3S/c1-33-20(31)13-34-11-10-19(12-34)29-14-27-21-23(29)28-22(15-2-4-16(25)5-3-15)30(24(21)32)18-8-6-17(26)7-9-18/h2-12,14,34H,13H2,1H3. The van der Waals surface area contributed by atoms with Crippen molar-refractivity contribution in [1.29, 1.82) is 0 Å². The second-order valence-electron chi connectivity index (χ2n) is 7.46. The summed E-state index contributed by atoms with van der Waals surface area (Å²) in [5.74, 6) is 0.526. The van der Waals surface area contributed by atoms with Crippen molar-refractivity contribution >= 4 is 61.3 Å². The fraction of sp³-hybridized carbons (Fsp3) is 0.0833. The Hall–Kier alpha value is -3.14. The number of hydrogen-bond acceptors (Lipinski definition) is 5. The SMILES string of the molecule is COC(=O)C[SH]1C=CC(n2cnc3c(=O)n(-c4ccc(Cl)cc4)c(-c4ccc(Br)cc4)nc32)=C1. The summed E-state index contributed by atoms with van der Waals surface area (Å²) in [4.78, 5) is 34.6. The van der Waals surface area contributed by atoms with Crippen molar-refractivity contribution in [2.24, 2.45) is 0 Å². The van der Waals surface area contributed by atoms with Crippen LogP contribution in [0.2, 0.25) is 5.02 Å². The number of thiol groups is 1. The average Bonchev–Trinajstić information content (AvgIpc) is 3.47. The van der Waals surface area contributed by atoms with Crippen LogP contribution in [-0.2, 0) is 9.53 Å². The van der Waals surface area contributed by atoms with E-state index in [1.807, 2.05) is 41.2 Å². The Balaban J connectivity index is 1.70. The predicted molar refractivity (Wildman–Crippen MR) is 141 cm³/mol. The molecule has 0 aliphatic carbocycles. The molecule has 0 saturated heterocycles. The van der Waals surface area contributed by atoms with Crippen LogP contribution in [0.25, 0.3) is 33.9 Å². The zero-order valence-corrected chi connectivity index (χ0v) is 21.1. The third-order valence-corrected chi connectivity index (χ3v) is 7.84. The summed E-state index contributed by atoms with van der Waals surface area (Å²) >= 11 is 9.53.